The maximum atomic E-state index is 9.74. The number of nitrogens with one attached hydrogen (secondary N) is 1. The molecular weight excluding hydrogens is 375 g/mol. The summed E-state index contributed by atoms with van der Waals surface area (Å²) in [5, 5.41) is 10.9. The fourth-order valence-electron chi connectivity index (χ4n) is 2.82. The molecule has 0 bridgehead atoms. The second-order valence-corrected chi connectivity index (χ2v) is 5.39. The Morgan fingerprint density at radius 2 is 1.88 bits per heavy atom. The van der Waals surface area contributed by atoms with Gasteiger partial charge in [-0.1, -0.05) is 30.6 Å². The van der Waals surface area contributed by atoms with Crippen molar-refractivity contribution < 1.29 is 32.7 Å². The number of rotatable bonds is 2. The third-order valence-corrected chi connectivity index (χ3v) is 4.00. The maximum Gasteiger partial charge on any atom is 0.0725 e. The summed E-state index contributed by atoms with van der Waals surface area (Å²) >= 11 is 0. The van der Waals surface area contributed by atoms with Gasteiger partial charge in [-0.2, -0.15) is 7.05 Å². The number of anilines is 1. The van der Waals surface area contributed by atoms with Crippen molar-refractivity contribution in [3.63, 3.8) is 0 Å². The SMILES string of the molecule is C=CC(=[N-])N1CCN(c2ccnc3cc(C)ccc23)CC1.C[NH-].[Y]. The molecule has 24 heavy (non-hydrogen) atoms. The number of piperazine rings is 1. The van der Waals surface area contributed by atoms with E-state index >= 15 is 0 Å². The van der Waals surface area contributed by atoms with Gasteiger partial charge in [-0.3, -0.25) is 4.98 Å². The minimum absolute atomic E-state index is 0. The first kappa shape index (κ1) is 20.7. The number of aromatic nitrogens is 1. The van der Waals surface area contributed by atoms with Crippen LogP contribution in [-0.2, 0) is 32.7 Å². The monoisotopic (exact) mass is 398 g/mol. The molecule has 3 rings (SSSR count). The van der Waals surface area contributed by atoms with E-state index in [-0.39, 0.29) is 38.5 Å². The Hall–Kier alpha value is -1.30. The van der Waals surface area contributed by atoms with E-state index in [0.29, 0.717) is 0 Å². The molecule has 0 spiro atoms. The zero-order valence-corrected chi connectivity index (χ0v) is 17.2. The molecule has 1 aromatic heterocycles. The molecule has 0 atom stereocenters. The van der Waals surface area contributed by atoms with Gasteiger partial charge in [0.1, 0.15) is 0 Å². The third kappa shape index (κ3) is 4.62. The van der Waals surface area contributed by atoms with Crippen molar-refractivity contribution in [3.05, 3.63) is 59.8 Å². The van der Waals surface area contributed by atoms with Crippen LogP contribution in [0.4, 0.5) is 5.69 Å². The average molecular weight is 398 g/mol. The summed E-state index contributed by atoms with van der Waals surface area (Å²) in [5.74, 6) is 0.268. The summed E-state index contributed by atoms with van der Waals surface area (Å²) in [6, 6.07) is 8.46. The summed E-state index contributed by atoms with van der Waals surface area (Å²) in [6.45, 7) is 9.05. The van der Waals surface area contributed by atoms with Gasteiger partial charge >= 0.3 is 0 Å². The van der Waals surface area contributed by atoms with Gasteiger partial charge in [-0.25, -0.2) is 0 Å². The topological polar surface area (TPSA) is 65.5 Å². The van der Waals surface area contributed by atoms with E-state index in [0.717, 1.165) is 31.7 Å². The second-order valence-electron chi connectivity index (χ2n) is 5.39. The molecule has 1 N–H and O–H groups in total. The molecule has 6 heteroatoms. The first-order chi connectivity index (χ1) is 11.2. The van der Waals surface area contributed by atoms with Gasteiger partial charge in [0.25, 0.3) is 0 Å². The quantitative estimate of drug-likeness (QED) is 0.575. The third-order valence-electron chi connectivity index (χ3n) is 4.00. The number of aryl methyl sites for hydroxylation is 1. The van der Waals surface area contributed by atoms with Crippen LogP contribution >= 0.6 is 0 Å². The van der Waals surface area contributed by atoms with E-state index in [1.54, 1.807) is 0 Å². The molecule has 1 aliphatic rings. The predicted octanol–water partition coefficient (Wildman–Crippen LogP) is 3.49. The number of hydrogen-bond acceptors (Lipinski definition) is 2. The minimum atomic E-state index is 0. The standard InChI is InChI=1S/C17H19N4.CH4N.Y/c1-3-17(18)21-10-8-20(9-11-21)16-6-7-19-15-12-13(2)4-5-14(15)16;1-2;/h3-7,12H,1,8-11H2,2H3;2H,1H3;/q2*-1;. The van der Waals surface area contributed by atoms with Gasteiger partial charge < -0.3 is 20.9 Å². The van der Waals surface area contributed by atoms with Crippen LogP contribution in [0.15, 0.2) is 43.1 Å². The largest absolute Gasteiger partial charge is 0.680 e. The smallest absolute Gasteiger partial charge is 0.0725 e. The summed E-state index contributed by atoms with van der Waals surface area (Å²) in [5.41, 5.74) is 9.23. The molecule has 2 heterocycles. The fraction of sp³-hybridized carbons (Fsp3) is 0.333. The molecule has 0 saturated carbocycles. The summed E-state index contributed by atoms with van der Waals surface area (Å²) in [7, 11) is 1.25. The van der Waals surface area contributed by atoms with Crippen LogP contribution in [0, 0.1) is 6.92 Å². The van der Waals surface area contributed by atoms with Crippen molar-refractivity contribution in [1.29, 1.82) is 0 Å². The normalized spacial score (nSPS) is 13.6. The molecule has 0 unspecified atom stereocenters. The molecule has 1 aliphatic heterocycles. The molecule has 1 radical (unpaired) electrons. The van der Waals surface area contributed by atoms with Gasteiger partial charge in [-0.15, -0.1) is 0 Å². The number of benzene rings is 1. The first-order valence-electron chi connectivity index (χ1n) is 7.72. The van der Waals surface area contributed by atoms with Crippen LogP contribution in [0.5, 0.6) is 0 Å². The minimum Gasteiger partial charge on any atom is -0.680 e. The molecule has 125 valence electrons. The summed E-state index contributed by atoms with van der Waals surface area (Å²) in [4.78, 5) is 8.77. The Morgan fingerprint density at radius 3 is 2.50 bits per heavy atom. The van der Waals surface area contributed by atoms with Gasteiger partial charge in [0.15, 0.2) is 0 Å². The van der Waals surface area contributed by atoms with Crippen molar-refractivity contribution in [1.82, 2.24) is 9.88 Å². The number of fused-ring (bicyclic) bond motifs is 1. The molecule has 0 aliphatic carbocycles. The van der Waals surface area contributed by atoms with Crippen LogP contribution in [0.2, 0.25) is 0 Å². The molecule has 5 nitrogen and oxygen atoms in total. The van der Waals surface area contributed by atoms with E-state index in [9.17, 15) is 5.41 Å². The van der Waals surface area contributed by atoms with Gasteiger partial charge in [0, 0.05) is 63.1 Å². The van der Waals surface area contributed by atoms with Crippen molar-refractivity contribution in [3.8, 4) is 0 Å². The van der Waals surface area contributed by atoms with Crippen LogP contribution in [0.25, 0.3) is 22.0 Å². The van der Waals surface area contributed by atoms with Crippen molar-refractivity contribution in [2.75, 3.05) is 38.1 Å². The Bertz CT molecular complexity index is 693. The van der Waals surface area contributed by atoms with E-state index in [2.05, 4.69) is 47.7 Å². The number of amidine groups is 1. The van der Waals surface area contributed by atoms with Crippen LogP contribution in [0.3, 0.4) is 0 Å². The Balaban J connectivity index is 0.000000925. The molecule has 0 amide bonds. The Kier molecular flexibility index (Phi) is 8.53. The average Bonchev–Trinajstić information content (AvgIpc) is 2.62. The molecule has 1 fully saturated rings. The van der Waals surface area contributed by atoms with Gasteiger partial charge in [0.2, 0.25) is 0 Å². The van der Waals surface area contributed by atoms with Crippen molar-refractivity contribution >= 4 is 22.4 Å². The van der Waals surface area contributed by atoms with E-state index < -0.39 is 0 Å². The second kappa shape index (κ2) is 9.87. The Morgan fingerprint density at radius 1 is 1.21 bits per heavy atom. The van der Waals surface area contributed by atoms with E-state index in [1.165, 1.54) is 29.8 Å². The fourth-order valence-corrected chi connectivity index (χ4v) is 2.82. The molecule has 1 saturated heterocycles. The van der Waals surface area contributed by atoms with Crippen LogP contribution in [0.1, 0.15) is 5.56 Å². The van der Waals surface area contributed by atoms with Crippen LogP contribution in [-0.4, -0.2) is 48.9 Å². The zero-order valence-electron chi connectivity index (χ0n) is 14.4. The van der Waals surface area contributed by atoms with Gasteiger partial charge in [-0.05, 0) is 37.7 Å². The van der Waals surface area contributed by atoms with E-state index in [1.807, 2.05) is 11.1 Å². The molecule has 1 aromatic carbocycles. The number of pyridine rings is 1. The first-order valence-corrected chi connectivity index (χ1v) is 7.72. The maximum absolute atomic E-state index is 9.74. The molecule has 2 aromatic rings. The van der Waals surface area contributed by atoms with Crippen molar-refractivity contribution in [2.45, 2.75) is 6.92 Å². The van der Waals surface area contributed by atoms with Crippen LogP contribution < -0.4 is 4.90 Å². The summed E-state index contributed by atoms with van der Waals surface area (Å²) in [6.07, 6.45) is 3.37. The Labute approximate surface area is 169 Å². The van der Waals surface area contributed by atoms with Crippen molar-refractivity contribution in [2.24, 2.45) is 0 Å². The summed E-state index contributed by atoms with van der Waals surface area (Å²) < 4.78 is 0. The zero-order chi connectivity index (χ0) is 16.8. The number of nitrogens with zero attached hydrogens (tertiary/aromatic N) is 4. The molecular formula is C18H23N5Y-2. The van der Waals surface area contributed by atoms with Gasteiger partial charge in [0.05, 0.1) is 5.52 Å². The predicted molar refractivity (Wildman–Crippen MR) is 99.1 cm³/mol. The number of hydrogen-bond donors (Lipinski definition) is 0. The van der Waals surface area contributed by atoms with E-state index in [4.69, 9.17) is 5.73 Å².